The summed E-state index contributed by atoms with van der Waals surface area (Å²) in [4.78, 5) is 7.24. The number of likely N-dealkylation sites (tertiary alicyclic amines) is 1. The Hall–Kier alpha value is 0.0300. The third kappa shape index (κ3) is 2.38. The standard InChI is InChI=1S/C13H17Br2N3/c14-9-5-11(15)12(17-7-9)13-8(6-16)3-4-18(13)10-1-2-10/h5,7-8,10,13H,1-4,6,16H2. The highest BCUT2D eigenvalue weighted by molar-refractivity contribution is 9.11. The van der Waals surface area contributed by atoms with Crippen molar-refractivity contribution in [2.45, 2.75) is 31.3 Å². The van der Waals surface area contributed by atoms with Gasteiger partial charge < -0.3 is 5.73 Å². The molecule has 0 spiro atoms. The minimum absolute atomic E-state index is 0.393. The first-order valence-electron chi connectivity index (χ1n) is 6.47. The van der Waals surface area contributed by atoms with Crippen molar-refractivity contribution in [3.05, 3.63) is 26.9 Å². The number of halogens is 2. The Bertz CT molecular complexity index is 448. The van der Waals surface area contributed by atoms with Crippen molar-refractivity contribution < 1.29 is 0 Å². The molecule has 0 aromatic carbocycles. The van der Waals surface area contributed by atoms with E-state index in [1.54, 1.807) is 0 Å². The number of nitrogens with two attached hydrogens (primary N) is 1. The summed E-state index contributed by atoms with van der Waals surface area (Å²) in [5.41, 5.74) is 7.10. The molecule has 2 aliphatic rings. The van der Waals surface area contributed by atoms with E-state index in [-0.39, 0.29) is 0 Å². The molecular formula is C13H17Br2N3. The third-order valence-corrected chi connectivity index (χ3v) is 5.07. The molecule has 3 rings (SSSR count). The molecule has 98 valence electrons. The quantitative estimate of drug-likeness (QED) is 0.883. The molecule has 0 radical (unpaired) electrons. The molecule has 2 N–H and O–H groups in total. The van der Waals surface area contributed by atoms with Crippen LogP contribution >= 0.6 is 31.9 Å². The lowest BCUT2D eigenvalue weighted by atomic mass is 9.97. The van der Waals surface area contributed by atoms with Gasteiger partial charge >= 0.3 is 0 Å². The van der Waals surface area contributed by atoms with Gasteiger partial charge in [-0.15, -0.1) is 0 Å². The van der Waals surface area contributed by atoms with E-state index in [0.29, 0.717) is 12.0 Å². The molecule has 1 saturated carbocycles. The fourth-order valence-corrected chi connectivity index (χ4v) is 4.19. The van der Waals surface area contributed by atoms with Crippen molar-refractivity contribution in [2.75, 3.05) is 13.1 Å². The van der Waals surface area contributed by atoms with Crippen LogP contribution in [0.25, 0.3) is 0 Å². The first-order valence-corrected chi connectivity index (χ1v) is 8.06. The van der Waals surface area contributed by atoms with E-state index in [9.17, 15) is 0 Å². The van der Waals surface area contributed by atoms with Crippen LogP contribution in [0.3, 0.4) is 0 Å². The lowest BCUT2D eigenvalue weighted by Crippen LogP contribution is -2.30. The summed E-state index contributed by atoms with van der Waals surface area (Å²) >= 11 is 7.11. The average Bonchev–Trinajstić information content (AvgIpc) is 3.10. The number of hydrogen-bond donors (Lipinski definition) is 1. The van der Waals surface area contributed by atoms with Gasteiger partial charge in [-0.3, -0.25) is 9.88 Å². The van der Waals surface area contributed by atoms with E-state index >= 15 is 0 Å². The van der Waals surface area contributed by atoms with Gasteiger partial charge in [0.25, 0.3) is 0 Å². The van der Waals surface area contributed by atoms with E-state index < -0.39 is 0 Å². The number of nitrogens with zero attached hydrogens (tertiary/aromatic N) is 2. The summed E-state index contributed by atoms with van der Waals surface area (Å²) in [7, 11) is 0. The van der Waals surface area contributed by atoms with Crippen LogP contribution in [0, 0.1) is 5.92 Å². The van der Waals surface area contributed by atoms with E-state index in [2.05, 4.69) is 47.8 Å². The second kappa shape index (κ2) is 5.19. The largest absolute Gasteiger partial charge is 0.330 e. The SMILES string of the molecule is NCC1CCN(C2CC2)C1c1ncc(Br)cc1Br. The van der Waals surface area contributed by atoms with E-state index in [1.165, 1.54) is 25.8 Å². The van der Waals surface area contributed by atoms with Crippen molar-refractivity contribution in [2.24, 2.45) is 11.7 Å². The van der Waals surface area contributed by atoms with Crippen LogP contribution < -0.4 is 5.73 Å². The van der Waals surface area contributed by atoms with Crippen LogP contribution in [0.15, 0.2) is 21.2 Å². The summed E-state index contributed by atoms with van der Waals surface area (Å²) in [6.45, 7) is 1.92. The summed E-state index contributed by atoms with van der Waals surface area (Å²) in [6, 6.07) is 3.24. The van der Waals surface area contributed by atoms with Gasteiger partial charge in [-0.05, 0) is 76.2 Å². The van der Waals surface area contributed by atoms with Gasteiger partial charge in [-0.1, -0.05) is 0 Å². The average molecular weight is 375 g/mol. The maximum atomic E-state index is 5.95. The van der Waals surface area contributed by atoms with Crippen molar-refractivity contribution in [1.82, 2.24) is 9.88 Å². The maximum Gasteiger partial charge on any atom is 0.0721 e. The first-order chi connectivity index (χ1) is 8.70. The van der Waals surface area contributed by atoms with E-state index in [0.717, 1.165) is 27.2 Å². The highest BCUT2D eigenvalue weighted by Crippen LogP contribution is 2.45. The van der Waals surface area contributed by atoms with Gasteiger partial charge in [0.15, 0.2) is 0 Å². The second-order valence-electron chi connectivity index (χ2n) is 5.22. The van der Waals surface area contributed by atoms with Crippen LogP contribution in [0.4, 0.5) is 0 Å². The minimum atomic E-state index is 0.393. The molecule has 1 aliphatic heterocycles. The molecule has 2 heterocycles. The molecule has 1 aliphatic carbocycles. The van der Waals surface area contributed by atoms with Gasteiger partial charge in [-0.2, -0.15) is 0 Å². The smallest absolute Gasteiger partial charge is 0.0721 e. The number of hydrogen-bond acceptors (Lipinski definition) is 3. The maximum absolute atomic E-state index is 5.95. The zero-order chi connectivity index (χ0) is 12.7. The molecule has 1 saturated heterocycles. The highest BCUT2D eigenvalue weighted by Gasteiger charge is 2.43. The lowest BCUT2D eigenvalue weighted by molar-refractivity contribution is 0.215. The minimum Gasteiger partial charge on any atom is -0.330 e. The van der Waals surface area contributed by atoms with Crippen molar-refractivity contribution >= 4 is 31.9 Å². The van der Waals surface area contributed by atoms with Crippen LogP contribution in [-0.2, 0) is 0 Å². The van der Waals surface area contributed by atoms with Crippen LogP contribution in [0.5, 0.6) is 0 Å². The predicted molar refractivity (Wildman–Crippen MR) is 79.3 cm³/mol. The number of pyridine rings is 1. The monoisotopic (exact) mass is 373 g/mol. The van der Waals surface area contributed by atoms with Crippen LogP contribution in [0.2, 0.25) is 0 Å². The summed E-state index contributed by atoms with van der Waals surface area (Å²) in [5, 5.41) is 0. The molecule has 2 fully saturated rings. The fraction of sp³-hybridized carbons (Fsp3) is 0.615. The van der Waals surface area contributed by atoms with Gasteiger partial charge in [0.05, 0.1) is 11.7 Å². The predicted octanol–water partition coefficient (Wildman–Crippen LogP) is 3.09. The number of rotatable bonds is 3. The van der Waals surface area contributed by atoms with Gasteiger partial charge in [0.1, 0.15) is 0 Å². The molecule has 1 aromatic rings. The molecule has 0 amide bonds. The Morgan fingerprint density at radius 1 is 1.33 bits per heavy atom. The highest BCUT2D eigenvalue weighted by atomic mass is 79.9. The first kappa shape index (κ1) is 13.0. The van der Waals surface area contributed by atoms with E-state index in [1.807, 2.05) is 6.20 Å². The molecule has 18 heavy (non-hydrogen) atoms. The zero-order valence-corrected chi connectivity index (χ0v) is 13.3. The molecule has 3 nitrogen and oxygen atoms in total. The Labute approximate surface area is 124 Å². The molecule has 1 aromatic heterocycles. The van der Waals surface area contributed by atoms with Crippen LogP contribution in [-0.4, -0.2) is 29.0 Å². The van der Waals surface area contributed by atoms with E-state index in [4.69, 9.17) is 5.73 Å². The summed E-state index contributed by atoms with van der Waals surface area (Å²) in [6.07, 6.45) is 5.75. The molecule has 2 atom stereocenters. The Morgan fingerprint density at radius 3 is 2.72 bits per heavy atom. The van der Waals surface area contributed by atoms with Gasteiger partial charge in [-0.25, -0.2) is 0 Å². The van der Waals surface area contributed by atoms with Crippen molar-refractivity contribution in [1.29, 1.82) is 0 Å². The fourth-order valence-electron chi connectivity index (χ4n) is 2.97. The molecule has 2 unspecified atom stereocenters. The van der Waals surface area contributed by atoms with Gasteiger partial charge in [0.2, 0.25) is 0 Å². The third-order valence-electron chi connectivity index (χ3n) is 4.00. The lowest BCUT2D eigenvalue weighted by Gasteiger charge is -2.28. The van der Waals surface area contributed by atoms with Crippen LogP contribution in [0.1, 0.15) is 31.0 Å². The topological polar surface area (TPSA) is 42.1 Å². The van der Waals surface area contributed by atoms with Crippen molar-refractivity contribution in [3.8, 4) is 0 Å². The molecular weight excluding hydrogens is 358 g/mol. The second-order valence-corrected chi connectivity index (χ2v) is 6.99. The van der Waals surface area contributed by atoms with Gasteiger partial charge in [0, 0.05) is 21.2 Å². The normalized spacial score (nSPS) is 28.8. The summed E-state index contributed by atoms with van der Waals surface area (Å²) < 4.78 is 2.10. The Kier molecular flexibility index (Phi) is 3.76. The molecule has 5 heteroatoms. The van der Waals surface area contributed by atoms with Crippen molar-refractivity contribution in [3.63, 3.8) is 0 Å². The Morgan fingerprint density at radius 2 is 2.11 bits per heavy atom. The zero-order valence-electron chi connectivity index (χ0n) is 10.1. The molecule has 0 bridgehead atoms. The summed E-state index contributed by atoms with van der Waals surface area (Å²) in [5.74, 6) is 0.538. The Balaban J connectivity index is 1.94. The number of aromatic nitrogens is 1.